The molecule has 1 spiro atoms. The molecule has 1 amide bonds. The molecule has 1 fully saturated rings. The minimum Gasteiger partial charge on any atom is -0.327 e. The van der Waals surface area contributed by atoms with Gasteiger partial charge in [0.1, 0.15) is 11.4 Å². The van der Waals surface area contributed by atoms with Crippen molar-refractivity contribution in [1.29, 1.82) is 0 Å². The van der Waals surface area contributed by atoms with E-state index in [0.717, 1.165) is 31.2 Å². The maximum absolute atomic E-state index is 12.3. The minimum absolute atomic E-state index is 0.125. The molecule has 1 aliphatic carbocycles. The van der Waals surface area contributed by atoms with E-state index in [1.54, 1.807) is 10.6 Å². The molecule has 1 aromatic heterocycles. The highest BCUT2D eigenvalue weighted by Crippen LogP contribution is 2.37. The second-order valence-electron chi connectivity index (χ2n) is 5.25. The molecule has 1 aliphatic heterocycles. The summed E-state index contributed by atoms with van der Waals surface area (Å²) in [6.45, 7) is 1.85. The number of aromatic nitrogens is 1. The Morgan fingerprint density at radius 2 is 1.94 bits per heavy atom. The maximum Gasteiger partial charge on any atom is 0.270 e. The minimum atomic E-state index is -0.495. The normalized spacial score (nSPS) is 20.9. The molecule has 18 heavy (non-hydrogen) atoms. The fourth-order valence-corrected chi connectivity index (χ4v) is 3.52. The summed E-state index contributed by atoms with van der Waals surface area (Å²) in [6.07, 6.45) is 4.93. The third-order valence-corrected chi connectivity index (χ3v) is 4.36. The number of rotatable bonds is 0. The van der Waals surface area contributed by atoms with Crippen LogP contribution in [0.15, 0.2) is 15.8 Å². The van der Waals surface area contributed by atoms with Crippen molar-refractivity contribution in [2.24, 2.45) is 0 Å². The number of nitrogens with one attached hydrogen (secondary N) is 1. The fourth-order valence-electron chi connectivity index (χ4n) is 3.23. The summed E-state index contributed by atoms with van der Waals surface area (Å²) < 4.78 is 1.66. The van der Waals surface area contributed by atoms with Crippen molar-refractivity contribution >= 4 is 18.5 Å². The Labute approximate surface area is 111 Å². The van der Waals surface area contributed by atoms with Gasteiger partial charge in [-0.3, -0.25) is 14.2 Å². The number of carbonyl (C=O) groups is 1. The summed E-state index contributed by atoms with van der Waals surface area (Å²) in [5, 5.41) is 3.03. The largest absolute Gasteiger partial charge is 0.327 e. The molecule has 1 aromatic rings. The van der Waals surface area contributed by atoms with Crippen LogP contribution in [0.4, 0.5) is 0 Å². The Hall–Kier alpha value is -1.23. The van der Waals surface area contributed by atoms with Crippen molar-refractivity contribution in [1.82, 2.24) is 9.88 Å². The Kier molecular flexibility index (Phi) is 2.55. The smallest absolute Gasteiger partial charge is 0.270 e. The molecular formula is C13H16N2O2S. The van der Waals surface area contributed by atoms with Crippen LogP contribution in [0.3, 0.4) is 0 Å². The number of hydrogen-bond donors (Lipinski definition) is 2. The van der Waals surface area contributed by atoms with E-state index in [2.05, 4.69) is 17.9 Å². The van der Waals surface area contributed by atoms with E-state index >= 15 is 0 Å². The number of carbonyl (C=O) groups excluding carboxylic acids is 1. The van der Waals surface area contributed by atoms with Crippen molar-refractivity contribution in [3.05, 3.63) is 27.7 Å². The summed E-state index contributed by atoms with van der Waals surface area (Å²) in [4.78, 5) is 24.9. The van der Waals surface area contributed by atoms with E-state index in [9.17, 15) is 9.59 Å². The molecule has 5 heteroatoms. The molecule has 0 radical (unpaired) electrons. The average molecular weight is 264 g/mol. The van der Waals surface area contributed by atoms with Gasteiger partial charge in [-0.15, -0.1) is 12.6 Å². The standard InChI is InChI=1S/C13H16N2O2S/c1-8-7-9(18)12(17)15-10(8)11(16)14-13(15)5-3-2-4-6-13/h7,18H,2-6H2,1H3,(H,14,16). The average Bonchev–Trinajstić information content (AvgIpc) is 2.60. The number of thiol groups is 1. The first kappa shape index (κ1) is 11.8. The van der Waals surface area contributed by atoms with Gasteiger partial charge in [0, 0.05) is 0 Å². The van der Waals surface area contributed by atoms with Crippen LogP contribution in [-0.2, 0) is 5.66 Å². The lowest BCUT2D eigenvalue weighted by molar-refractivity contribution is 0.0876. The molecule has 2 heterocycles. The van der Waals surface area contributed by atoms with Crippen molar-refractivity contribution < 1.29 is 4.79 Å². The van der Waals surface area contributed by atoms with Crippen LogP contribution in [0.5, 0.6) is 0 Å². The first-order chi connectivity index (χ1) is 8.55. The molecular weight excluding hydrogens is 248 g/mol. The zero-order valence-corrected chi connectivity index (χ0v) is 11.2. The molecule has 96 valence electrons. The van der Waals surface area contributed by atoms with Crippen molar-refractivity contribution in [3.8, 4) is 0 Å². The highest BCUT2D eigenvalue weighted by Gasteiger charge is 2.44. The van der Waals surface area contributed by atoms with Gasteiger partial charge in [-0.2, -0.15) is 0 Å². The number of aryl methyl sites for hydroxylation is 1. The zero-order valence-electron chi connectivity index (χ0n) is 10.3. The lowest BCUT2D eigenvalue weighted by Crippen LogP contribution is -2.48. The van der Waals surface area contributed by atoms with Crippen LogP contribution in [-0.4, -0.2) is 10.5 Å². The predicted octanol–water partition coefficient (Wildman–Crippen LogP) is 1.81. The summed E-state index contributed by atoms with van der Waals surface area (Å²) in [6, 6.07) is 1.68. The molecule has 0 unspecified atom stereocenters. The summed E-state index contributed by atoms with van der Waals surface area (Å²) in [7, 11) is 0. The molecule has 1 N–H and O–H groups in total. The summed E-state index contributed by atoms with van der Waals surface area (Å²) in [5.74, 6) is -0.125. The van der Waals surface area contributed by atoms with Crippen molar-refractivity contribution in [3.63, 3.8) is 0 Å². The number of fused-ring (bicyclic) bond motifs is 2. The Bertz CT molecular complexity index is 585. The first-order valence-electron chi connectivity index (χ1n) is 6.34. The van der Waals surface area contributed by atoms with Gasteiger partial charge in [-0.1, -0.05) is 6.42 Å². The van der Waals surface area contributed by atoms with E-state index < -0.39 is 5.66 Å². The number of amides is 1. The van der Waals surface area contributed by atoms with Crippen LogP contribution in [0.1, 0.15) is 48.2 Å². The van der Waals surface area contributed by atoms with Gasteiger partial charge in [-0.05, 0) is 44.2 Å². The molecule has 3 rings (SSSR count). The Morgan fingerprint density at radius 3 is 2.61 bits per heavy atom. The number of pyridine rings is 1. The third-order valence-electron chi connectivity index (χ3n) is 4.04. The molecule has 2 aliphatic rings. The van der Waals surface area contributed by atoms with Gasteiger partial charge >= 0.3 is 0 Å². The third kappa shape index (κ3) is 1.46. The monoisotopic (exact) mass is 264 g/mol. The molecule has 0 aromatic carbocycles. The predicted molar refractivity (Wildman–Crippen MR) is 71.2 cm³/mol. The van der Waals surface area contributed by atoms with Crippen molar-refractivity contribution in [2.75, 3.05) is 0 Å². The van der Waals surface area contributed by atoms with Crippen molar-refractivity contribution in [2.45, 2.75) is 49.6 Å². The maximum atomic E-state index is 12.3. The van der Waals surface area contributed by atoms with Gasteiger partial charge < -0.3 is 5.32 Å². The summed E-state index contributed by atoms with van der Waals surface area (Å²) >= 11 is 4.23. The van der Waals surface area contributed by atoms with Crippen LogP contribution in [0, 0.1) is 6.92 Å². The van der Waals surface area contributed by atoms with Crippen LogP contribution >= 0.6 is 12.6 Å². The number of nitrogens with zero attached hydrogens (tertiary/aromatic N) is 1. The van der Waals surface area contributed by atoms with Gasteiger partial charge in [0.05, 0.1) is 4.90 Å². The van der Waals surface area contributed by atoms with Gasteiger partial charge in [0.15, 0.2) is 0 Å². The number of hydrogen-bond acceptors (Lipinski definition) is 3. The van der Waals surface area contributed by atoms with E-state index in [1.807, 2.05) is 6.92 Å². The fraction of sp³-hybridized carbons (Fsp3) is 0.538. The second-order valence-corrected chi connectivity index (χ2v) is 5.73. The van der Waals surface area contributed by atoms with Crippen LogP contribution < -0.4 is 10.9 Å². The highest BCUT2D eigenvalue weighted by molar-refractivity contribution is 7.80. The van der Waals surface area contributed by atoms with E-state index in [-0.39, 0.29) is 11.5 Å². The SMILES string of the molecule is Cc1cc(S)c(=O)n2c1C(=O)NC21CCCCC1. The zero-order chi connectivity index (χ0) is 12.9. The Balaban J connectivity index is 2.29. The molecule has 1 saturated carbocycles. The van der Waals surface area contributed by atoms with Gasteiger partial charge in [-0.25, -0.2) is 0 Å². The van der Waals surface area contributed by atoms with Gasteiger partial charge in [0.25, 0.3) is 11.5 Å². The summed E-state index contributed by atoms with van der Waals surface area (Å²) in [5.41, 5.74) is 0.684. The topological polar surface area (TPSA) is 51.1 Å². The lowest BCUT2D eigenvalue weighted by atomic mass is 9.89. The van der Waals surface area contributed by atoms with Crippen LogP contribution in [0.25, 0.3) is 0 Å². The van der Waals surface area contributed by atoms with E-state index in [4.69, 9.17) is 0 Å². The lowest BCUT2D eigenvalue weighted by Gasteiger charge is -2.35. The Morgan fingerprint density at radius 1 is 1.28 bits per heavy atom. The molecule has 0 saturated heterocycles. The second kappa shape index (κ2) is 3.88. The quantitative estimate of drug-likeness (QED) is 0.702. The molecule has 4 nitrogen and oxygen atoms in total. The molecule has 0 atom stereocenters. The van der Waals surface area contributed by atoms with E-state index in [0.29, 0.717) is 10.6 Å². The van der Waals surface area contributed by atoms with E-state index in [1.165, 1.54) is 6.42 Å². The highest BCUT2D eigenvalue weighted by atomic mass is 32.1. The molecule has 0 bridgehead atoms. The van der Waals surface area contributed by atoms with Crippen LogP contribution in [0.2, 0.25) is 0 Å². The van der Waals surface area contributed by atoms with Gasteiger partial charge in [0.2, 0.25) is 0 Å². The first-order valence-corrected chi connectivity index (χ1v) is 6.78.